The van der Waals surface area contributed by atoms with Gasteiger partial charge in [0.15, 0.2) is 0 Å². The van der Waals surface area contributed by atoms with Crippen molar-refractivity contribution in [1.29, 1.82) is 0 Å². The van der Waals surface area contributed by atoms with Crippen molar-refractivity contribution in [2.75, 3.05) is 25.1 Å². The Morgan fingerprint density at radius 2 is 2.00 bits per heavy atom. The van der Waals surface area contributed by atoms with Crippen LogP contribution >= 0.6 is 0 Å². The molecule has 0 atom stereocenters. The SMILES string of the molecule is CS(=O)(=O)CCN1CCc2cc(-c3ccccc3)oc2C1. The summed E-state index contributed by atoms with van der Waals surface area (Å²) in [4.78, 5) is 2.14. The van der Waals surface area contributed by atoms with Crippen LogP contribution in [0.5, 0.6) is 0 Å². The lowest BCUT2D eigenvalue weighted by molar-refractivity contribution is 0.242. The average molecular weight is 305 g/mol. The molecular weight excluding hydrogens is 286 g/mol. The number of sulfone groups is 1. The Morgan fingerprint density at radius 1 is 1.24 bits per heavy atom. The fourth-order valence-corrected chi connectivity index (χ4v) is 3.19. The lowest BCUT2D eigenvalue weighted by Gasteiger charge is -2.25. The number of nitrogens with zero attached hydrogens (tertiary/aromatic N) is 1. The number of benzene rings is 1. The van der Waals surface area contributed by atoms with E-state index in [-0.39, 0.29) is 5.75 Å². The van der Waals surface area contributed by atoms with Crippen molar-refractivity contribution in [3.63, 3.8) is 0 Å². The maximum atomic E-state index is 11.3. The van der Waals surface area contributed by atoms with Gasteiger partial charge in [-0.25, -0.2) is 8.42 Å². The third-order valence-corrected chi connectivity index (χ3v) is 4.72. The number of hydrogen-bond acceptors (Lipinski definition) is 4. The highest BCUT2D eigenvalue weighted by molar-refractivity contribution is 7.90. The van der Waals surface area contributed by atoms with Crippen LogP contribution in [0.4, 0.5) is 0 Å². The second-order valence-electron chi connectivity index (χ2n) is 5.58. The summed E-state index contributed by atoms with van der Waals surface area (Å²) in [5.74, 6) is 2.06. The second kappa shape index (κ2) is 5.66. The maximum absolute atomic E-state index is 11.3. The molecule has 1 aliphatic rings. The van der Waals surface area contributed by atoms with Gasteiger partial charge in [-0.2, -0.15) is 0 Å². The summed E-state index contributed by atoms with van der Waals surface area (Å²) >= 11 is 0. The molecule has 1 aromatic carbocycles. The van der Waals surface area contributed by atoms with Crippen LogP contribution < -0.4 is 0 Å². The molecule has 2 aromatic rings. The van der Waals surface area contributed by atoms with Crippen molar-refractivity contribution >= 4 is 9.84 Å². The Morgan fingerprint density at radius 3 is 2.71 bits per heavy atom. The van der Waals surface area contributed by atoms with Crippen LogP contribution in [0.1, 0.15) is 11.3 Å². The van der Waals surface area contributed by atoms with Crippen LogP contribution in [0.15, 0.2) is 40.8 Å². The first kappa shape index (κ1) is 14.4. The highest BCUT2D eigenvalue weighted by Gasteiger charge is 2.21. The number of rotatable bonds is 4. The summed E-state index contributed by atoms with van der Waals surface area (Å²) in [5, 5.41) is 0. The Balaban J connectivity index is 1.73. The minimum atomic E-state index is -2.91. The molecule has 4 nitrogen and oxygen atoms in total. The molecule has 1 aromatic heterocycles. The number of furan rings is 1. The van der Waals surface area contributed by atoms with E-state index in [2.05, 4.69) is 11.0 Å². The largest absolute Gasteiger partial charge is 0.459 e. The van der Waals surface area contributed by atoms with Crippen molar-refractivity contribution in [3.8, 4) is 11.3 Å². The van der Waals surface area contributed by atoms with Crippen molar-refractivity contribution in [2.24, 2.45) is 0 Å². The van der Waals surface area contributed by atoms with E-state index in [9.17, 15) is 8.42 Å². The minimum Gasteiger partial charge on any atom is -0.459 e. The van der Waals surface area contributed by atoms with Crippen LogP contribution in [0.2, 0.25) is 0 Å². The van der Waals surface area contributed by atoms with Crippen molar-refractivity contribution in [1.82, 2.24) is 4.90 Å². The third-order valence-electron chi connectivity index (χ3n) is 3.80. The summed E-state index contributed by atoms with van der Waals surface area (Å²) in [5.41, 5.74) is 2.32. The van der Waals surface area contributed by atoms with Gasteiger partial charge in [0.2, 0.25) is 0 Å². The summed E-state index contributed by atoms with van der Waals surface area (Å²) in [6.45, 7) is 2.15. The molecule has 0 spiro atoms. The fraction of sp³-hybridized carbons (Fsp3) is 0.375. The predicted molar refractivity (Wildman–Crippen MR) is 82.8 cm³/mol. The highest BCUT2D eigenvalue weighted by atomic mass is 32.2. The predicted octanol–water partition coefficient (Wildman–Crippen LogP) is 2.35. The molecule has 0 saturated heterocycles. The highest BCUT2D eigenvalue weighted by Crippen LogP contribution is 2.29. The summed E-state index contributed by atoms with van der Waals surface area (Å²) in [7, 11) is -2.91. The zero-order valence-corrected chi connectivity index (χ0v) is 12.9. The normalized spacial score (nSPS) is 15.9. The lowest BCUT2D eigenvalue weighted by atomic mass is 10.1. The van der Waals surface area contributed by atoms with Crippen molar-refractivity contribution < 1.29 is 12.8 Å². The van der Waals surface area contributed by atoms with Crippen molar-refractivity contribution in [2.45, 2.75) is 13.0 Å². The Hall–Kier alpha value is -1.59. The molecule has 0 unspecified atom stereocenters. The number of fused-ring (bicyclic) bond motifs is 1. The summed E-state index contributed by atoms with van der Waals surface area (Å²) < 4.78 is 28.5. The molecule has 5 heteroatoms. The first-order valence-electron chi connectivity index (χ1n) is 7.08. The van der Waals surface area contributed by atoms with Gasteiger partial charge in [-0.1, -0.05) is 30.3 Å². The van der Waals surface area contributed by atoms with Crippen molar-refractivity contribution in [3.05, 3.63) is 47.7 Å². The Labute approximate surface area is 125 Å². The summed E-state index contributed by atoms with van der Waals surface area (Å²) in [6, 6.07) is 12.2. The van der Waals surface area contributed by atoms with E-state index in [1.807, 2.05) is 30.3 Å². The summed E-state index contributed by atoms with van der Waals surface area (Å²) in [6.07, 6.45) is 2.19. The fourth-order valence-electron chi connectivity index (χ4n) is 2.60. The molecule has 0 amide bonds. The van der Waals surface area contributed by atoms with Gasteiger partial charge in [-0.15, -0.1) is 0 Å². The molecule has 3 rings (SSSR count). The Bertz CT molecular complexity index is 719. The van der Waals surface area contributed by atoms with Crippen LogP contribution in [0, 0.1) is 0 Å². The molecule has 21 heavy (non-hydrogen) atoms. The molecule has 2 heterocycles. The van der Waals surface area contributed by atoms with Gasteiger partial charge in [0, 0.05) is 24.9 Å². The van der Waals surface area contributed by atoms with E-state index in [1.54, 1.807) is 0 Å². The molecule has 112 valence electrons. The van der Waals surface area contributed by atoms with E-state index in [1.165, 1.54) is 11.8 Å². The molecular formula is C16H19NO3S. The third kappa shape index (κ3) is 3.54. The van der Waals surface area contributed by atoms with Gasteiger partial charge < -0.3 is 4.42 Å². The molecule has 0 saturated carbocycles. The van der Waals surface area contributed by atoms with Gasteiger partial charge in [-0.3, -0.25) is 4.90 Å². The second-order valence-corrected chi connectivity index (χ2v) is 7.84. The van der Waals surface area contributed by atoms with Gasteiger partial charge in [-0.05, 0) is 18.1 Å². The van der Waals surface area contributed by atoms with Gasteiger partial charge in [0.1, 0.15) is 21.4 Å². The first-order valence-corrected chi connectivity index (χ1v) is 9.14. The monoisotopic (exact) mass is 305 g/mol. The quantitative estimate of drug-likeness (QED) is 0.870. The molecule has 0 fully saturated rings. The van der Waals surface area contributed by atoms with E-state index in [0.29, 0.717) is 13.1 Å². The molecule has 0 aliphatic carbocycles. The zero-order valence-electron chi connectivity index (χ0n) is 12.1. The molecule has 0 N–H and O–H groups in total. The van der Waals surface area contributed by atoms with Gasteiger partial charge in [0.25, 0.3) is 0 Å². The molecule has 0 radical (unpaired) electrons. The standard InChI is InChI=1S/C16H19NO3S/c1-21(18,19)10-9-17-8-7-14-11-15(20-16(14)12-17)13-5-3-2-4-6-13/h2-6,11H,7-10,12H2,1H3. The topological polar surface area (TPSA) is 50.5 Å². The van der Waals surface area contributed by atoms with E-state index in [4.69, 9.17) is 4.42 Å². The van der Waals surface area contributed by atoms with Crippen LogP contribution in [-0.4, -0.2) is 38.4 Å². The van der Waals surface area contributed by atoms with E-state index < -0.39 is 9.84 Å². The van der Waals surface area contributed by atoms with E-state index in [0.717, 1.165) is 30.0 Å². The average Bonchev–Trinajstić information content (AvgIpc) is 2.88. The minimum absolute atomic E-state index is 0.203. The smallest absolute Gasteiger partial charge is 0.148 e. The van der Waals surface area contributed by atoms with E-state index >= 15 is 0 Å². The Kier molecular flexibility index (Phi) is 3.87. The number of hydrogen-bond donors (Lipinski definition) is 0. The zero-order chi connectivity index (χ0) is 14.9. The van der Waals surface area contributed by atoms with Crippen LogP contribution in [0.25, 0.3) is 11.3 Å². The van der Waals surface area contributed by atoms with Crippen LogP contribution in [-0.2, 0) is 22.8 Å². The van der Waals surface area contributed by atoms with Gasteiger partial charge in [0.05, 0.1) is 12.3 Å². The first-order chi connectivity index (χ1) is 10.0. The van der Waals surface area contributed by atoms with Crippen LogP contribution in [0.3, 0.4) is 0 Å². The maximum Gasteiger partial charge on any atom is 0.148 e. The lowest BCUT2D eigenvalue weighted by Crippen LogP contribution is -2.33. The van der Waals surface area contributed by atoms with Gasteiger partial charge >= 0.3 is 0 Å². The molecule has 1 aliphatic heterocycles. The molecule has 0 bridgehead atoms.